The summed E-state index contributed by atoms with van der Waals surface area (Å²) in [4.78, 5) is 2.54. The van der Waals surface area contributed by atoms with Crippen LogP contribution in [0.2, 0.25) is 0 Å². The Labute approximate surface area is 280 Å². The Morgan fingerprint density at radius 2 is 1.02 bits per heavy atom. The summed E-state index contributed by atoms with van der Waals surface area (Å²) in [5.41, 5.74) is 6.05. The SMILES string of the molecule is c1ccc2c(-c3ccc(N(c4c5ccccc5cc5c4sc4ccccc45)c4cccc5sc6ccccc6c45)cc3)cccc2c1. The third-order valence-electron chi connectivity index (χ3n) is 9.44. The van der Waals surface area contributed by atoms with Crippen molar-refractivity contribution in [1.29, 1.82) is 0 Å². The van der Waals surface area contributed by atoms with Crippen molar-refractivity contribution in [2.24, 2.45) is 0 Å². The van der Waals surface area contributed by atoms with Gasteiger partial charge in [0.25, 0.3) is 0 Å². The molecule has 2 aromatic heterocycles. The molecule has 0 unspecified atom stereocenters. The fourth-order valence-corrected chi connectivity index (χ4v) is 9.68. The Kier molecular flexibility index (Phi) is 5.98. The highest BCUT2D eigenvalue weighted by molar-refractivity contribution is 7.26. The number of nitrogens with zero attached hydrogens (tertiary/aromatic N) is 1. The molecular weight excluding hydrogens is 607 g/mol. The van der Waals surface area contributed by atoms with Crippen molar-refractivity contribution in [2.75, 3.05) is 4.90 Å². The normalized spacial score (nSPS) is 11.8. The minimum atomic E-state index is 1.15. The molecule has 0 amide bonds. The lowest BCUT2D eigenvalue weighted by Gasteiger charge is -2.28. The van der Waals surface area contributed by atoms with Gasteiger partial charge in [0, 0.05) is 46.7 Å². The van der Waals surface area contributed by atoms with Crippen LogP contribution in [-0.2, 0) is 0 Å². The van der Waals surface area contributed by atoms with E-state index in [1.807, 2.05) is 22.7 Å². The van der Waals surface area contributed by atoms with Gasteiger partial charge in [-0.25, -0.2) is 0 Å². The van der Waals surface area contributed by atoms with Gasteiger partial charge in [-0.3, -0.25) is 0 Å². The lowest BCUT2D eigenvalue weighted by atomic mass is 9.97. The predicted octanol–water partition coefficient (Wildman–Crippen LogP) is 13.9. The molecule has 0 saturated carbocycles. The molecule has 0 aliphatic heterocycles. The maximum Gasteiger partial charge on any atom is 0.0718 e. The summed E-state index contributed by atoms with van der Waals surface area (Å²) >= 11 is 3.77. The van der Waals surface area contributed by atoms with Crippen LogP contribution in [0.4, 0.5) is 17.1 Å². The van der Waals surface area contributed by atoms with Gasteiger partial charge in [0.1, 0.15) is 0 Å². The zero-order chi connectivity index (χ0) is 30.9. The van der Waals surface area contributed by atoms with Crippen molar-refractivity contribution < 1.29 is 0 Å². The maximum absolute atomic E-state index is 2.54. The van der Waals surface area contributed by atoms with Gasteiger partial charge in [0.15, 0.2) is 0 Å². The molecule has 8 aromatic carbocycles. The van der Waals surface area contributed by atoms with Crippen LogP contribution >= 0.6 is 22.7 Å². The number of fused-ring (bicyclic) bond motifs is 8. The molecule has 220 valence electrons. The topological polar surface area (TPSA) is 3.24 Å². The average molecular weight is 634 g/mol. The smallest absolute Gasteiger partial charge is 0.0718 e. The van der Waals surface area contributed by atoms with Gasteiger partial charge < -0.3 is 4.90 Å². The third-order valence-corrected chi connectivity index (χ3v) is 11.8. The summed E-state index contributed by atoms with van der Waals surface area (Å²) in [6, 6.07) is 60.2. The van der Waals surface area contributed by atoms with Crippen molar-refractivity contribution >= 4 is 102 Å². The summed E-state index contributed by atoms with van der Waals surface area (Å²) in [7, 11) is 0. The van der Waals surface area contributed by atoms with E-state index in [1.54, 1.807) is 0 Å². The first kappa shape index (κ1) is 26.7. The van der Waals surface area contributed by atoms with E-state index in [1.165, 1.54) is 84.4 Å². The van der Waals surface area contributed by atoms with Gasteiger partial charge in [0.2, 0.25) is 0 Å². The zero-order valence-corrected chi connectivity index (χ0v) is 27.0. The molecule has 1 nitrogen and oxygen atoms in total. The highest BCUT2D eigenvalue weighted by Gasteiger charge is 2.24. The van der Waals surface area contributed by atoms with Crippen LogP contribution in [0, 0.1) is 0 Å². The lowest BCUT2D eigenvalue weighted by Crippen LogP contribution is -2.11. The maximum atomic E-state index is 2.54. The number of benzene rings is 8. The van der Waals surface area contributed by atoms with Gasteiger partial charge in [-0.15, -0.1) is 22.7 Å². The molecule has 0 saturated heterocycles. The first-order valence-corrected chi connectivity index (χ1v) is 17.6. The van der Waals surface area contributed by atoms with Crippen LogP contribution in [-0.4, -0.2) is 0 Å². The van der Waals surface area contributed by atoms with E-state index in [9.17, 15) is 0 Å². The number of hydrogen-bond donors (Lipinski definition) is 0. The van der Waals surface area contributed by atoms with Crippen molar-refractivity contribution in [1.82, 2.24) is 0 Å². The average Bonchev–Trinajstić information content (AvgIpc) is 3.70. The molecule has 0 N–H and O–H groups in total. The van der Waals surface area contributed by atoms with E-state index in [2.05, 4.69) is 169 Å². The van der Waals surface area contributed by atoms with E-state index < -0.39 is 0 Å². The summed E-state index contributed by atoms with van der Waals surface area (Å²) in [6.45, 7) is 0. The second-order valence-electron chi connectivity index (χ2n) is 12.1. The number of thiophene rings is 2. The molecule has 47 heavy (non-hydrogen) atoms. The van der Waals surface area contributed by atoms with Gasteiger partial charge in [-0.1, -0.05) is 121 Å². The largest absolute Gasteiger partial charge is 0.308 e. The lowest BCUT2D eigenvalue weighted by molar-refractivity contribution is 1.33. The highest BCUT2D eigenvalue weighted by atomic mass is 32.1. The van der Waals surface area contributed by atoms with Crippen LogP contribution in [0.3, 0.4) is 0 Å². The summed E-state index contributed by atoms with van der Waals surface area (Å²) < 4.78 is 5.23. The van der Waals surface area contributed by atoms with E-state index in [0.717, 1.165) is 5.69 Å². The van der Waals surface area contributed by atoms with E-state index in [0.29, 0.717) is 0 Å². The number of rotatable bonds is 4. The Hall–Kier alpha value is -5.48. The van der Waals surface area contributed by atoms with E-state index >= 15 is 0 Å². The molecule has 0 fully saturated rings. The molecule has 0 atom stereocenters. The fourth-order valence-electron chi connectivity index (χ4n) is 7.32. The summed E-state index contributed by atoms with van der Waals surface area (Å²) in [5, 5.41) is 10.2. The third kappa shape index (κ3) is 4.14. The minimum absolute atomic E-state index is 1.15. The molecular formula is C44H27NS2. The van der Waals surface area contributed by atoms with Crippen LogP contribution in [0.5, 0.6) is 0 Å². The van der Waals surface area contributed by atoms with E-state index in [4.69, 9.17) is 0 Å². The predicted molar refractivity (Wildman–Crippen MR) is 207 cm³/mol. The molecule has 0 aliphatic rings. The zero-order valence-electron chi connectivity index (χ0n) is 25.4. The standard InChI is InChI=1S/C44H27NS2/c1-3-14-32-28(11-1)13-9-18-33(32)29-23-25-31(26-24-29)45(38-19-10-22-41-42(38)36-17-6-8-21-40(36)46-41)43-34-15-4-2-12-30(34)27-37-35-16-5-7-20-39(35)47-44(37)43/h1-27H. The first-order valence-electron chi connectivity index (χ1n) is 15.9. The molecule has 10 rings (SSSR count). The Bertz CT molecular complexity index is 2800. The van der Waals surface area contributed by atoms with Crippen molar-refractivity contribution in [3.8, 4) is 11.1 Å². The minimum Gasteiger partial charge on any atom is -0.308 e. The van der Waals surface area contributed by atoms with Crippen LogP contribution in [0.15, 0.2) is 164 Å². The molecule has 2 heterocycles. The van der Waals surface area contributed by atoms with E-state index in [-0.39, 0.29) is 0 Å². The summed E-state index contributed by atoms with van der Waals surface area (Å²) in [6.07, 6.45) is 0. The van der Waals surface area contributed by atoms with Crippen molar-refractivity contribution in [3.63, 3.8) is 0 Å². The van der Waals surface area contributed by atoms with Gasteiger partial charge in [-0.05, 0) is 69.8 Å². The molecule has 10 aromatic rings. The summed E-state index contributed by atoms with van der Waals surface area (Å²) in [5.74, 6) is 0. The Balaban J connectivity index is 1.30. The Morgan fingerprint density at radius 1 is 0.404 bits per heavy atom. The van der Waals surface area contributed by atoms with Gasteiger partial charge in [0.05, 0.1) is 16.1 Å². The van der Waals surface area contributed by atoms with Gasteiger partial charge >= 0.3 is 0 Å². The van der Waals surface area contributed by atoms with Crippen molar-refractivity contribution in [3.05, 3.63) is 164 Å². The van der Waals surface area contributed by atoms with Crippen molar-refractivity contribution in [2.45, 2.75) is 0 Å². The second kappa shape index (κ2) is 10.5. The molecule has 3 heteroatoms. The van der Waals surface area contributed by atoms with Crippen LogP contribution in [0.25, 0.3) is 73.0 Å². The van der Waals surface area contributed by atoms with Crippen LogP contribution in [0.1, 0.15) is 0 Å². The number of anilines is 3. The monoisotopic (exact) mass is 633 g/mol. The quantitative estimate of drug-likeness (QED) is 0.186. The first-order chi connectivity index (χ1) is 23.3. The fraction of sp³-hybridized carbons (Fsp3) is 0. The second-order valence-corrected chi connectivity index (χ2v) is 14.2. The number of hydrogen-bond acceptors (Lipinski definition) is 3. The molecule has 0 bridgehead atoms. The highest BCUT2D eigenvalue weighted by Crippen LogP contribution is 2.51. The molecule has 0 spiro atoms. The van der Waals surface area contributed by atoms with Crippen LogP contribution < -0.4 is 4.90 Å². The molecule has 0 radical (unpaired) electrons. The Morgan fingerprint density at radius 3 is 1.85 bits per heavy atom. The molecule has 0 aliphatic carbocycles. The van der Waals surface area contributed by atoms with Gasteiger partial charge in [-0.2, -0.15) is 0 Å².